The van der Waals surface area contributed by atoms with Crippen molar-refractivity contribution in [1.29, 1.82) is 0 Å². The van der Waals surface area contributed by atoms with Gasteiger partial charge in [-0.1, -0.05) is 104 Å². The summed E-state index contributed by atoms with van der Waals surface area (Å²) < 4.78 is 31.8. The van der Waals surface area contributed by atoms with E-state index in [-0.39, 0.29) is 6.10 Å². The fraction of sp³-hybridized carbons (Fsp3) is 1.00. The first kappa shape index (κ1) is 26.9. The molecule has 2 unspecified atom stereocenters. The Labute approximate surface area is 169 Å². The molecule has 5 heteroatoms. The van der Waals surface area contributed by atoms with E-state index in [2.05, 4.69) is 6.92 Å². The first-order valence-corrected chi connectivity index (χ1v) is 13.1. The van der Waals surface area contributed by atoms with Crippen LogP contribution < -0.4 is 0 Å². The van der Waals surface area contributed by atoms with Crippen LogP contribution in [0.1, 0.15) is 129 Å². The van der Waals surface area contributed by atoms with Crippen LogP contribution in [0.25, 0.3) is 0 Å². The van der Waals surface area contributed by atoms with Crippen LogP contribution in [-0.4, -0.2) is 29.4 Å². The van der Waals surface area contributed by atoms with Gasteiger partial charge in [0, 0.05) is 0 Å². The average Bonchev–Trinajstić information content (AvgIpc) is 2.61. The molecule has 0 bridgehead atoms. The van der Waals surface area contributed by atoms with Crippen LogP contribution in [0.5, 0.6) is 0 Å². The van der Waals surface area contributed by atoms with E-state index in [1.165, 1.54) is 51.4 Å². The van der Waals surface area contributed by atoms with Crippen molar-refractivity contribution in [2.24, 2.45) is 0 Å². The van der Waals surface area contributed by atoms with E-state index in [0.29, 0.717) is 12.8 Å². The quantitative estimate of drug-likeness (QED) is 0.175. The summed E-state index contributed by atoms with van der Waals surface area (Å²) in [6.45, 7) is 4.18. The molecule has 0 heterocycles. The summed E-state index contributed by atoms with van der Waals surface area (Å²) in [5.74, 6) is 0. The van der Waals surface area contributed by atoms with E-state index in [0.717, 1.165) is 51.4 Å². The highest BCUT2D eigenvalue weighted by molar-refractivity contribution is 7.86. The summed E-state index contributed by atoms with van der Waals surface area (Å²) in [4.78, 5) is 0. The second-order valence-corrected chi connectivity index (χ2v) is 9.88. The number of rotatable bonds is 20. The van der Waals surface area contributed by atoms with E-state index in [1.54, 1.807) is 0 Å². The van der Waals surface area contributed by atoms with E-state index in [4.69, 9.17) is 0 Å². The van der Waals surface area contributed by atoms with Crippen LogP contribution in [0.4, 0.5) is 0 Å². The third-order valence-corrected chi connectivity index (χ3v) is 6.80. The monoisotopic (exact) mass is 406 g/mol. The van der Waals surface area contributed by atoms with Crippen molar-refractivity contribution in [2.45, 2.75) is 141 Å². The van der Waals surface area contributed by atoms with Gasteiger partial charge in [-0.05, 0) is 25.7 Å². The number of aliphatic hydroxyl groups excluding tert-OH is 1. The lowest BCUT2D eigenvalue weighted by Gasteiger charge is -2.12. The Morgan fingerprint density at radius 2 is 1.00 bits per heavy atom. The molecule has 0 aliphatic rings. The van der Waals surface area contributed by atoms with Crippen LogP contribution in [0, 0.1) is 0 Å². The summed E-state index contributed by atoms with van der Waals surface area (Å²) in [5, 5.41) is 9.44. The predicted molar refractivity (Wildman–Crippen MR) is 116 cm³/mol. The molecule has 0 aromatic rings. The zero-order valence-electron chi connectivity index (χ0n) is 18.0. The third-order valence-electron chi connectivity index (χ3n) is 5.49. The molecule has 2 atom stereocenters. The van der Waals surface area contributed by atoms with Crippen LogP contribution in [0.15, 0.2) is 0 Å². The molecule has 0 aliphatic heterocycles. The predicted octanol–water partition coefficient (Wildman–Crippen LogP) is 6.67. The fourth-order valence-electron chi connectivity index (χ4n) is 3.70. The molecular formula is C22H46O4S. The van der Waals surface area contributed by atoms with Gasteiger partial charge in [0.05, 0.1) is 11.4 Å². The zero-order valence-corrected chi connectivity index (χ0v) is 18.8. The van der Waals surface area contributed by atoms with Crippen molar-refractivity contribution in [3.05, 3.63) is 0 Å². The topological polar surface area (TPSA) is 74.6 Å². The molecule has 0 fully saturated rings. The van der Waals surface area contributed by atoms with Gasteiger partial charge in [-0.15, -0.1) is 0 Å². The summed E-state index contributed by atoms with van der Waals surface area (Å²) >= 11 is 0. The van der Waals surface area contributed by atoms with E-state index >= 15 is 0 Å². The molecule has 0 saturated heterocycles. The fourth-order valence-corrected chi connectivity index (χ4v) is 4.70. The highest BCUT2D eigenvalue weighted by Crippen LogP contribution is 2.18. The lowest BCUT2D eigenvalue weighted by atomic mass is 10.0. The average molecular weight is 407 g/mol. The van der Waals surface area contributed by atoms with Crippen LogP contribution >= 0.6 is 0 Å². The molecule has 4 nitrogen and oxygen atoms in total. The molecule has 2 N–H and O–H groups in total. The zero-order chi connectivity index (χ0) is 20.4. The van der Waals surface area contributed by atoms with Crippen molar-refractivity contribution >= 4 is 10.1 Å². The van der Waals surface area contributed by atoms with Gasteiger partial charge in [0.2, 0.25) is 0 Å². The third kappa shape index (κ3) is 17.7. The SMILES string of the molecule is CCCCCCCCC(O)CCCCCCCCCC(CCC)S(=O)(=O)O. The number of hydrogen-bond acceptors (Lipinski definition) is 3. The normalized spacial score (nSPS) is 14.4. The van der Waals surface area contributed by atoms with E-state index in [9.17, 15) is 18.1 Å². The maximum Gasteiger partial charge on any atom is 0.267 e. The Kier molecular flexibility index (Phi) is 17.8. The summed E-state index contributed by atoms with van der Waals surface area (Å²) in [7, 11) is -3.88. The summed E-state index contributed by atoms with van der Waals surface area (Å²) in [6, 6.07) is 0. The van der Waals surface area contributed by atoms with Gasteiger partial charge in [-0.3, -0.25) is 4.55 Å². The largest absolute Gasteiger partial charge is 0.393 e. The highest BCUT2D eigenvalue weighted by Gasteiger charge is 2.20. The minimum Gasteiger partial charge on any atom is -0.393 e. The molecule has 0 rings (SSSR count). The molecule has 0 aliphatic carbocycles. The smallest absolute Gasteiger partial charge is 0.267 e. The molecule has 0 radical (unpaired) electrons. The van der Waals surface area contributed by atoms with Crippen molar-refractivity contribution < 1.29 is 18.1 Å². The summed E-state index contributed by atoms with van der Waals surface area (Å²) in [6.07, 6.45) is 19.1. The lowest BCUT2D eigenvalue weighted by molar-refractivity contribution is 0.147. The highest BCUT2D eigenvalue weighted by atomic mass is 32.2. The molecule has 0 aromatic heterocycles. The van der Waals surface area contributed by atoms with Gasteiger partial charge < -0.3 is 5.11 Å². The Hall–Kier alpha value is -0.130. The van der Waals surface area contributed by atoms with Crippen molar-refractivity contribution in [2.75, 3.05) is 0 Å². The summed E-state index contributed by atoms with van der Waals surface area (Å²) in [5.41, 5.74) is 0. The van der Waals surface area contributed by atoms with Gasteiger partial charge in [0.1, 0.15) is 0 Å². The van der Waals surface area contributed by atoms with Crippen molar-refractivity contribution in [3.63, 3.8) is 0 Å². The lowest BCUT2D eigenvalue weighted by Crippen LogP contribution is -2.20. The first-order valence-electron chi connectivity index (χ1n) is 11.6. The number of unbranched alkanes of at least 4 members (excludes halogenated alkanes) is 11. The van der Waals surface area contributed by atoms with Gasteiger partial charge in [-0.25, -0.2) is 0 Å². The van der Waals surface area contributed by atoms with Crippen LogP contribution in [0.2, 0.25) is 0 Å². The second-order valence-electron chi connectivity index (χ2n) is 8.19. The molecule has 0 saturated carbocycles. The van der Waals surface area contributed by atoms with E-state index in [1.807, 2.05) is 6.92 Å². The minimum atomic E-state index is -3.88. The first-order chi connectivity index (χ1) is 12.9. The molecule has 0 aromatic carbocycles. The van der Waals surface area contributed by atoms with Crippen LogP contribution in [-0.2, 0) is 10.1 Å². The van der Waals surface area contributed by atoms with Gasteiger partial charge in [0.25, 0.3) is 10.1 Å². The maximum atomic E-state index is 11.3. The molecular weight excluding hydrogens is 360 g/mol. The maximum absolute atomic E-state index is 11.3. The van der Waals surface area contributed by atoms with Gasteiger partial charge >= 0.3 is 0 Å². The molecule has 0 amide bonds. The molecule has 0 spiro atoms. The van der Waals surface area contributed by atoms with Gasteiger partial charge in [0.15, 0.2) is 0 Å². The Morgan fingerprint density at radius 3 is 1.41 bits per heavy atom. The van der Waals surface area contributed by atoms with Crippen molar-refractivity contribution in [1.82, 2.24) is 0 Å². The Bertz CT molecular complexity index is 409. The second kappa shape index (κ2) is 17.9. The molecule has 164 valence electrons. The Morgan fingerprint density at radius 1 is 0.593 bits per heavy atom. The minimum absolute atomic E-state index is 0.118. The number of aliphatic hydroxyl groups is 1. The standard InChI is InChI=1S/C22H46O4S/c1-3-5-6-7-11-14-18-21(23)19-15-12-9-8-10-13-16-20-22(17-4-2)27(24,25)26/h21-23H,3-20H2,1-2H3,(H,24,25,26). The van der Waals surface area contributed by atoms with E-state index < -0.39 is 15.4 Å². The number of hydrogen-bond donors (Lipinski definition) is 2. The Balaban J connectivity index is 3.43. The molecule has 27 heavy (non-hydrogen) atoms. The van der Waals surface area contributed by atoms with Crippen molar-refractivity contribution in [3.8, 4) is 0 Å². The van der Waals surface area contributed by atoms with Crippen LogP contribution in [0.3, 0.4) is 0 Å². The van der Waals surface area contributed by atoms with Gasteiger partial charge in [-0.2, -0.15) is 8.42 Å².